The van der Waals surface area contributed by atoms with Gasteiger partial charge in [-0.1, -0.05) is 6.07 Å². The van der Waals surface area contributed by atoms with Crippen molar-refractivity contribution < 1.29 is 19.4 Å². The molecule has 0 heterocycles. The highest BCUT2D eigenvalue weighted by Gasteiger charge is 2.27. The summed E-state index contributed by atoms with van der Waals surface area (Å²) >= 11 is 0. The van der Waals surface area contributed by atoms with Gasteiger partial charge in [0.2, 0.25) is 0 Å². The Labute approximate surface area is 109 Å². The van der Waals surface area contributed by atoms with Crippen LogP contribution in [-0.2, 0) is 0 Å². The van der Waals surface area contributed by atoms with Gasteiger partial charge in [0.15, 0.2) is 5.78 Å². The van der Waals surface area contributed by atoms with Crippen LogP contribution in [0.1, 0.15) is 26.3 Å². The van der Waals surface area contributed by atoms with Crippen LogP contribution in [0.2, 0.25) is 0 Å². The van der Waals surface area contributed by atoms with Gasteiger partial charge in [-0.05, 0) is 41.5 Å². The summed E-state index contributed by atoms with van der Waals surface area (Å²) in [6.07, 6.45) is 0. The zero-order chi connectivity index (χ0) is 13.6. The maximum atomic E-state index is 12.3. The van der Waals surface area contributed by atoms with Crippen molar-refractivity contribution in [2.45, 2.75) is 0 Å². The van der Waals surface area contributed by atoms with Crippen molar-refractivity contribution in [3.05, 3.63) is 53.1 Å². The van der Waals surface area contributed by atoms with E-state index in [0.717, 1.165) is 11.1 Å². The summed E-state index contributed by atoms with van der Waals surface area (Å²) in [6, 6.07) is 9.89. The number of methoxy groups -OCH3 is 1. The first kappa shape index (κ1) is 11.5. The number of ether oxygens (including phenoxy) is 1. The highest BCUT2D eigenvalue weighted by molar-refractivity contribution is 6.22. The van der Waals surface area contributed by atoms with Crippen molar-refractivity contribution in [3.8, 4) is 16.9 Å². The van der Waals surface area contributed by atoms with E-state index in [9.17, 15) is 9.59 Å². The van der Waals surface area contributed by atoms with E-state index in [1.165, 1.54) is 19.2 Å². The Morgan fingerprint density at radius 3 is 2.26 bits per heavy atom. The molecule has 0 radical (unpaired) electrons. The molecule has 0 aromatic heterocycles. The maximum Gasteiger partial charge on any atom is 0.335 e. The minimum Gasteiger partial charge on any atom is -0.497 e. The Bertz CT molecular complexity index is 716. The zero-order valence-corrected chi connectivity index (χ0v) is 10.1. The van der Waals surface area contributed by atoms with Crippen molar-refractivity contribution in [1.29, 1.82) is 0 Å². The smallest absolute Gasteiger partial charge is 0.335 e. The molecule has 1 aliphatic carbocycles. The monoisotopic (exact) mass is 254 g/mol. The fourth-order valence-electron chi connectivity index (χ4n) is 2.32. The van der Waals surface area contributed by atoms with Crippen LogP contribution < -0.4 is 4.74 Å². The van der Waals surface area contributed by atoms with Gasteiger partial charge in [0.05, 0.1) is 12.7 Å². The molecule has 19 heavy (non-hydrogen) atoms. The summed E-state index contributed by atoms with van der Waals surface area (Å²) in [6.45, 7) is 0. The molecular weight excluding hydrogens is 244 g/mol. The predicted molar refractivity (Wildman–Crippen MR) is 68.8 cm³/mol. The van der Waals surface area contributed by atoms with E-state index in [4.69, 9.17) is 9.84 Å². The average Bonchev–Trinajstić information content (AvgIpc) is 2.71. The molecule has 4 nitrogen and oxygen atoms in total. The molecule has 4 heteroatoms. The van der Waals surface area contributed by atoms with E-state index in [1.54, 1.807) is 18.2 Å². The van der Waals surface area contributed by atoms with Gasteiger partial charge >= 0.3 is 5.97 Å². The third-order valence-corrected chi connectivity index (χ3v) is 3.27. The quantitative estimate of drug-likeness (QED) is 0.763. The number of carbonyl (C=O) groups excluding carboxylic acids is 1. The molecule has 0 bridgehead atoms. The van der Waals surface area contributed by atoms with Crippen LogP contribution in [0.5, 0.6) is 5.75 Å². The van der Waals surface area contributed by atoms with Gasteiger partial charge in [-0.2, -0.15) is 0 Å². The number of benzene rings is 2. The SMILES string of the molecule is COc1ccc2c(c1)C(=O)c1cc(C(=O)O)ccc1-2. The Morgan fingerprint density at radius 2 is 1.63 bits per heavy atom. The van der Waals surface area contributed by atoms with E-state index in [2.05, 4.69) is 0 Å². The lowest BCUT2D eigenvalue weighted by atomic mass is 10.0. The molecular formula is C15H10O4. The Kier molecular flexibility index (Phi) is 2.38. The summed E-state index contributed by atoms with van der Waals surface area (Å²) in [7, 11) is 1.54. The molecule has 0 spiro atoms. The lowest BCUT2D eigenvalue weighted by Crippen LogP contribution is -2.00. The summed E-state index contributed by atoms with van der Waals surface area (Å²) in [5.74, 6) is -0.588. The minimum atomic E-state index is -1.04. The van der Waals surface area contributed by atoms with E-state index < -0.39 is 5.97 Å². The summed E-state index contributed by atoms with van der Waals surface area (Å²) in [5, 5.41) is 8.97. The fourth-order valence-corrected chi connectivity index (χ4v) is 2.32. The lowest BCUT2D eigenvalue weighted by molar-refractivity contribution is 0.0697. The highest BCUT2D eigenvalue weighted by atomic mass is 16.5. The number of aromatic carboxylic acids is 1. The molecule has 0 aliphatic heterocycles. The number of carboxylic acid groups (broad SMARTS) is 1. The lowest BCUT2D eigenvalue weighted by Gasteiger charge is -2.02. The summed E-state index contributed by atoms with van der Waals surface area (Å²) in [4.78, 5) is 23.2. The number of carbonyl (C=O) groups is 2. The minimum absolute atomic E-state index is 0.117. The molecule has 3 rings (SSSR count). The molecule has 0 saturated heterocycles. The number of ketones is 1. The van der Waals surface area contributed by atoms with Crippen molar-refractivity contribution in [3.63, 3.8) is 0 Å². The van der Waals surface area contributed by atoms with Gasteiger partial charge in [-0.15, -0.1) is 0 Å². The standard InChI is InChI=1S/C15H10O4/c1-19-9-3-5-11-10-4-2-8(15(17)18)6-12(10)14(16)13(11)7-9/h2-7H,1H3,(H,17,18). The van der Waals surface area contributed by atoms with Crippen LogP contribution in [0.15, 0.2) is 36.4 Å². The van der Waals surface area contributed by atoms with Crippen LogP contribution in [0.25, 0.3) is 11.1 Å². The van der Waals surface area contributed by atoms with Gasteiger partial charge in [0.25, 0.3) is 0 Å². The molecule has 1 aliphatic rings. The summed E-state index contributed by atoms with van der Waals surface area (Å²) in [5.41, 5.74) is 2.69. The molecule has 94 valence electrons. The van der Waals surface area contributed by atoms with Crippen molar-refractivity contribution in [2.24, 2.45) is 0 Å². The normalized spacial score (nSPS) is 11.9. The van der Waals surface area contributed by atoms with Gasteiger partial charge in [-0.3, -0.25) is 4.79 Å². The van der Waals surface area contributed by atoms with Gasteiger partial charge < -0.3 is 9.84 Å². The summed E-state index contributed by atoms with van der Waals surface area (Å²) < 4.78 is 5.10. The molecule has 0 unspecified atom stereocenters. The van der Waals surface area contributed by atoms with Crippen LogP contribution in [0.4, 0.5) is 0 Å². The first-order chi connectivity index (χ1) is 9.11. The largest absolute Gasteiger partial charge is 0.497 e. The van der Waals surface area contributed by atoms with Crippen molar-refractivity contribution in [1.82, 2.24) is 0 Å². The van der Waals surface area contributed by atoms with E-state index in [1.807, 2.05) is 6.07 Å². The number of carboxylic acids is 1. The van der Waals surface area contributed by atoms with Crippen LogP contribution in [0, 0.1) is 0 Å². The second-order valence-corrected chi connectivity index (χ2v) is 4.31. The highest BCUT2D eigenvalue weighted by Crippen LogP contribution is 2.38. The third kappa shape index (κ3) is 1.61. The Morgan fingerprint density at radius 1 is 1.00 bits per heavy atom. The van der Waals surface area contributed by atoms with Crippen LogP contribution >= 0.6 is 0 Å². The average molecular weight is 254 g/mol. The first-order valence-corrected chi connectivity index (χ1v) is 5.72. The zero-order valence-electron chi connectivity index (χ0n) is 10.1. The third-order valence-electron chi connectivity index (χ3n) is 3.27. The Balaban J connectivity index is 2.21. The number of rotatable bonds is 2. The van der Waals surface area contributed by atoms with Crippen LogP contribution in [-0.4, -0.2) is 24.0 Å². The van der Waals surface area contributed by atoms with Crippen molar-refractivity contribution >= 4 is 11.8 Å². The fraction of sp³-hybridized carbons (Fsp3) is 0.0667. The molecule has 0 saturated carbocycles. The molecule has 2 aromatic rings. The first-order valence-electron chi connectivity index (χ1n) is 5.72. The predicted octanol–water partition coefficient (Wildman–Crippen LogP) is 2.60. The molecule has 0 fully saturated rings. The van der Waals surface area contributed by atoms with E-state index in [-0.39, 0.29) is 11.3 Å². The molecule has 0 atom stereocenters. The van der Waals surface area contributed by atoms with Crippen molar-refractivity contribution in [2.75, 3.05) is 7.11 Å². The second-order valence-electron chi connectivity index (χ2n) is 4.31. The number of fused-ring (bicyclic) bond motifs is 3. The number of hydrogen-bond acceptors (Lipinski definition) is 3. The van der Waals surface area contributed by atoms with E-state index >= 15 is 0 Å². The maximum absolute atomic E-state index is 12.3. The topological polar surface area (TPSA) is 63.6 Å². The van der Waals surface area contributed by atoms with Crippen LogP contribution in [0.3, 0.4) is 0 Å². The van der Waals surface area contributed by atoms with Gasteiger partial charge in [0.1, 0.15) is 5.75 Å². The van der Waals surface area contributed by atoms with Gasteiger partial charge in [-0.25, -0.2) is 4.79 Å². The Hall–Kier alpha value is -2.62. The second kappa shape index (κ2) is 3.95. The molecule has 2 aromatic carbocycles. The molecule has 0 amide bonds. The molecule has 1 N–H and O–H groups in total. The number of hydrogen-bond donors (Lipinski definition) is 1. The van der Waals surface area contributed by atoms with Gasteiger partial charge in [0, 0.05) is 11.1 Å². The van der Waals surface area contributed by atoms with E-state index in [0.29, 0.717) is 16.9 Å².